The third-order valence-corrected chi connectivity index (χ3v) is 6.74. The quantitative estimate of drug-likeness (QED) is 0.485. The van der Waals surface area contributed by atoms with E-state index in [9.17, 15) is 54.2 Å². The van der Waals surface area contributed by atoms with E-state index in [1.54, 1.807) is 36.4 Å². The number of hydrogen-bond acceptors (Lipinski definition) is 3. The molecule has 0 radical (unpaired) electrons. The Morgan fingerprint density at radius 3 is 2.16 bits per heavy atom. The average Bonchev–Trinajstić information content (AvgIpc) is 3.48. The molecule has 5 rings (SSSR count). The number of carbonyl (C=O) groups is 1. The number of imidazole rings is 1. The van der Waals surface area contributed by atoms with Crippen LogP contribution in [0, 0.1) is 0 Å². The lowest BCUT2D eigenvalue weighted by atomic mass is 10.0. The van der Waals surface area contributed by atoms with Crippen molar-refractivity contribution >= 4 is 16.7 Å². The topological polar surface area (TPSA) is 67.5 Å². The number of aromatic hydroxyl groups is 1. The van der Waals surface area contributed by atoms with E-state index >= 15 is 0 Å². The third-order valence-electron chi connectivity index (χ3n) is 6.74. The zero-order valence-electron chi connectivity index (χ0n) is 18.1. The molecule has 0 aliphatic carbocycles. The monoisotopic (exact) mass is 539 g/mol. The van der Waals surface area contributed by atoms with E-state index in [1.807, 2.05) is 0 Å². The molecule has 1 fully saturated rings. The highest BCUT2D eigenvalue weighted by Crippen LogP contribution is 2.56. The molecular weight excluding hydrogens is 525 g/mol. The van der Waals surface area contributed by atoms with Gasteiger partial charge in [-0.2, -0.15) is 39.5 Å². The van der Waals surface area contributed by atoms with E-state index in [1.165, 1.54) is 6.07 Å². The summed E-state index contributed by atoms with van der Waals surface area (Å²) in [7, 11) is 0. The Morgan fingerprint density at radius 1 is 0.892 bits per heavy atom. The predicted octanol–water partition coefficient (Wildman–Crippen LogP) is 4.79. The molecule has 3 heterocycles. The number of halogens is 9. The third kappa shape index (κ3) is 3.08. The number of likely N-dealkylation sites (tertiary alicyclic amines) is 1. The van der Waals surface area contributed by atoms with Crippen molar-refractivity contribution in [3.63, 3.8) is 0 Å². The van der Waals surface area contributed by atoms with Crippen molar-refractivity contribution in [3.05, 3.63) is 58.6 Å². The van der Waals surface area contributed by atoms with Crippen LogP contribution in [0.3, 0.4) is 0 Å². The summed E-state index contributed by atoms with van der Waals surface area (Å²) in [4.78, 5) is 25.5. The van der Waals surface area contributed by atoms with Crippen LogP contribution < -0.4 is 5.69 Å². The molecule has 0 saturated carbocycles. The molecule has 2 atom stereocenters. The van der Waals surface area contributed by atoms with Gasteiger partial charge in [-0.15, -0.1) is 0 Å². The van der Waals surface area contributed by atoms with E-state index in [-0.39, 0.29) is 17.0 Å². The fourth-order valence-corrected chi connectivity index (χ4v) is 4.98. The molecule has 1 amide bonds. The summed E-state index contributed by atoms with van der Waals surface area (Å²) in [5.41, 5.74) is -1.10. The van der Waals surface area contributed by atoms with Crippen LogP contribution in [0.15, 0.2) is 47.3 Å². The van der Waals surface area contributed by atoms with Gasteiger partial charge >= 0.3 is 35.5 Å². The maximum atomic E-state index is 14.3. The Kier molecular flexibility index (Phi) is 5.03. The summed E-state index contributed by atoms with van der Waals surface area (Å²) in [6.45, 7) is -0.849. The highest BCUT2D eigenvalue weighted by Gasteiger charge is 2.84. The maximum Gasteiger partial charge on any atom is 0.460 e. The van der Waals surface area contributed by atoms with Crippen LogP contribution in [0.2, 0.25) is 0 Å². The van der Waals surface area contributed by atoms with E-state index in [2.05, 4.69) is 0 Å². The first kappa shape index (κ1) is 25.0. The Morgan fingerprint density at radius 2 is 1.51 bits per heavy atom. The van der Waals surface area contributed by atoms with Gasteiger partial charge in [0, 0.05) is 11.9 Å². The summed E-state index contributed by atoms with van der Waals surface area (Å²) in [6.07, 6.45) is -7.39. The predicted molar refractivity (Wildman–Crippen MR) is 108 cm³/mol. The zero-order chi connectivity index (χ0) is 27.3. The Labute approximate surface area is 200 Å². The standard InChI is InChI=1S/C22H14F9N3O3/c23-19(24,20(25,26)21(27,28)22(29,30)31)17(36)32-9-11-8-14(32)15-16(35)34(18(37)33(11)15)13-7-3-5-10-4-1-2-6-12(10)13/h1-7,11,14,35H,8-9H2. The molecule has 3 aromatic rings. The summed E-state index contributed by atoms with van der Waals surface area (Å²) in [6, 6.07) is 8.61. The number of nitrogens with zero attached hydrogens (tertiary/aromatic N) is 3. The molecule has 2 unspecified atom stereocenters. The van der Waals surface area contributed by atoms with Crippen LogP contribution in [-0.4, -0.2) is 55.5 Å². The highest BCUT2D eigenvalue weighted by molar-refractivity contribution is 5.90. The summed E-state index contributed by atoms with van der Waals surface area (Å²) in [5.74, 6) is -24.6. The number of carbonyl (C=O) groups excluding carboxylic acids is 1. The number of benzene rings is 2. The molecule has 37 heavy (non-hydrogen) atoms. The van der Waals surface area contributed by atoms with Crippen molar-refractivity contribution in [2.24, 2.45) is 0 Å². The smallest absolute Gasteiger partial charge is 0.460 e. The molecule has 0 spiro atoms. The number of aromatic nitrogens is 2. The Balaban J connectivity index is 1.56. The van der Waals surface area contributed by atoms with E-state index < -0.39 is 65.7 Å². The largest absolute Gasteiger partial charge is 0.493 e. The lowest BCUT2D eigenvalue weighted by Gasteiger charge is -2.36. The van der Waals surface area contributed by atoms with Crippen molar-refractivity contribution in [1.82, 2.24) is 14.0 Å². The number of fused-ring (bicyclic) bond motifs is 6. The van der Waals surface area contributed by atoms with Gasteiger partial charge in [-0.05, 0) is 17.9 Å². The summed E-state index contributed by atoms with van der Waals surface area (Å²) in [5, 5.41) is 12.0. The Bertz CT molecular complexity index is 1490. The van der Waals surface area contributed by atoms with Crippen molar-refractivity contribution in [3.8, 4) is 11.6 Å². The second kappa shape index (κ2) is 7.44. The first-order valence-corrected chi connectivity index (χ1v) is 10.6. The van der Waals surface area contributed by atoms with E-state index in [0.29, 0.717) is 10.8 Å². The molecule has 2 bridgehead atoms. The highest BCUT2D eigenvalue weighted by atomic mass is 19.4. The fourth-order valence-electron chi connectivity index (χ4n) is 4.98. The second-order valence-corrected chi connectivity index (χ2v) is 8.78. The number of amides is 1. The van der Waals surface area contributed by atoms with E-state index in [4.69, 9.17) is 0 Å². The van der Waals surface area contributed by atoms with Gasteiger partial charge < -0.3 is 10.0 Å². The van der Waals surface area contributed by atoms with Gasteiger partial charge in [-0.25, -0.2) is 9.36 Å². The van der Waals surface area contributed by atoms with Crippen molar-refractivity contribution in [2.75, 3.05) is 6.54 Å². The molecule has 198 valence electrons. The SMILES string of the molecule is O=C(N1CC2CC1c1c(O)n(-c3cccc4ccccc34)c(=O)n12)C(F)(F)C(F)(F)C(F)(F)C(F)(F)F. The summed E-state index contributed by atoms with van der Waals surface area (Å²) >= 11 is 0. The van der Waals surface area contributed by atoms with Crippen LogP contribution in [0.5, 0.6) is 5.88 Å². The number of rotatable bonds is 4. The zero-order valence-corrected chi connectivity index (χ0v) is 18.1. The van der Waals surface area contributed by atoms with Gasteiger partial charge in [0.2, 0.25) is 5.88 Å². The molecule has 1 aromatic heterocycles. The van der Waals surface area contributed by atoms with Crippen molar-refractivity contribution < 1.29 is 49.4 Å². The number of alkyl halides is 9. The first-order chi connectivity index (χ1) is 17.0. The minimum atomic E-state index is -7.22. The molecule has 1 N–H and O–H groups in total. The fraction of sp³-hybridized carbons (Fsp3) is 0.364. The molecular formula is C22H14F9N3O3. The van der Waals surface area contributed by atoms with Crippen LogP contribution in [-0.2, 0) is 4.79 Å². The average molecular weight is 539 g/mol. The Hall–Kier alpha value is -3.65. The maximum absolute atomic E-state index is 14.3. The molecule has 1 saturated heterocycles. The molecule has 2 aliphatic heterocycles. The molecule has 2 aliphatic rings. The first-order valence-electron chi connectivity index (χ1n) is 10.6. The lowest BCUT2D eigenvalue weighted by Crippen LogP contribution is -2.65. The van der Waals surface area contributed by atoms with Gasteiger partial charge in [0.25, 0.3) is 0 Å². The van der Waals surface area contributed by atoms with E-state index in [0.717, 1.165) is 9.13 Å². The lowest BCUT2D eigenvalue weighted by molar-refractivity contribution is -0.389. The minimum Gasteiger partial charge on any atom is -0.493 e. The van der Waals surface area contributed by atoms with Gasteiger partial charge in [-0.3, -0.25) is 9.36 Å². The van der Waals surface area contributed by atoms with Crippen molar-refractivity contribution in [1.29, 1.82) is 0 Å². The van der Waals surface area contributed by atoms with Gasteiger partial charge in [0.15, 0.2) is 0 Å². The van der Waals surface area contributed by atoms with Crippen LogP contribution in [0.4, 0.5) is 39.5 Å². The van der Waals surface area contributed by atoms with Gasteiger partial charge in [-0.1, -0.05) is 36.4 Å². The summed E-state index contributed by atoms with van der Waals surface area (Å²) < 4.78 is 122. The minimum absolute atomic E-state index is 0.00698. The number of hydrogen-bond donors (Lipinski definition) is 1. The second-order valence-electron chi connectivity index (χ2n) is 8.78. The van der Waals surface area contributed by atoms with Crippen LogP contribution >= 0.6 is 0 Å². The van der Waals surface area contributed by atoms with Gasteiger partial charge in [0.05, 0.1) is 17.8 Å². The molecule has 2 aromatic carbocycles. The molecule has 6 nitrogen and oxygen atoms in total. The van der Waals surface area contributed by atoms with Crippen molar-refractivity contribution in [2.45, 2.75) is 42.4 Å². The van der Waals surface area contributed by atoms with Crippen LogP contribution in [0.25, 0.3) is 16.5 Å². The molecule has 15 heteroatoms. The van der Waals surface area contributed by atoms with Crippen LogP contribution in [0.1, 0.15) is 24.2 Å². The normalized spacial score (nSPS) is 20.1. The van der Waals surface area contributed by atoms with Gasteiger partial charge in [0.1, 0.15) is 5.69 Å².